The summed E-state index contributed by atoms with van der Waals surface area (Å²) in [6.07, 6.45) is 5.39. The molecule has 0 aliphatic heterocycles. The molecule has 1 heterocycles. The van der Waals surface area contributed by atoms with Gasteiger partial charge in [-0.2, -0.15) is 0 Å². The minimum atomic E-state index is -0.915. The summed E-state index contributed by atoms with van der Waals surface area (Å²) in [6.45, 7) is 3.89. The van der Waals surface area contributed by atoms with Crippen LogP contribution in [-0.4, -0.2) is 33.1 Å². The van der Waals surface area contributed by atoms with Crippen LogP contribution in [0.1, 0.15) is 51.4 Å². The van der Waals surface area contributed by atoms with E-state index in [1.807, 2.05) is 13.8 Å². The smallest absolute Gasteiger partial charge is 0.315 e. The van der Waals surface area contributed by atoms with Crippen molar-refractivity contribution in [3.05, 3.63) is 18.2 Å². The summed E-state index contributed by atoms with van der Waals surface area (Å²) < 4.78 is 0. The van der Waals surface area contributed by atoms with E-state index in [1.165, 1.54) is 0 Å². The number of carboxylic acid groups (broad SMARTS) is 1. The molecule has 7 nitrogen and oxygen atoms in total. The first-order valence-corrected chi connectivity index (χ1v) is 6.84. The second kappa shape index (κ2) is 8.19. The van der Waals surface area contributed by atoms with Gasteiger partial charge in [-0.15, -0.1) is 0 Å². The number of urea groups is 1. The SMILES string of the molecule is CCCC(CC(=O)O)NC(=O)NC(CC)c1ncc[nH]1. The van der Waals surface area contributed by atoms with Crippen molar-refractivity contribution in [2.45, 2.75) is 51.6 Å². The number of hydrogen-bond acceptors (Lipinski definition) is 3. The molecule has 0 fully saturated rings. The van der Waals surface area contributed by atoms with E-state index in [1.54, 1.807) is 12.4 Å². The van der Waals surface area contributed by atoms with E-state index >= 15 is 0 Å². The van der Waals surface area contributed by atoms with Crippen LogP contribution in [0.4, 0.5) is 4.79 Å². The fourth-order valence-electron chi connectivity index (χ4n) is 2.00. The third-order valence-electron chi connectivity index (χ3n) is 2.96. The molecule has 0 saturated heterocycles. The fraction of sp³-hybridized carbons (Fsp3) is 0.615. The van der Waals surface area contributed by atoms with Crippen molar-refractivity contribution in [3.8, 4) is 0 Å². The number of nitrogens with one attached hydrogen (secondary N) is 3. The number of carboxylic acids is 1. The first-order valence-electron chi connectivity index (χ1n) is 6.84. The Morgan fingerprint density at radius 3 is 2.65 bits per heavy atom. The third-order valence-corrected chi connectivity index (χ3v) is 2.96. The number of hydrogen-bond donors (Lipinski definition) is 4. The number of rotatable bonds is 8. The number of aromatic amines is 1. The molecule has 0 spiro atoms. The Kier molecular flexibility index (Phi) is 6.55. The average Bonchev–Trinajstić information content (AvgIpc) is 2.89. The third kappa shape index (κ3) is 5.29. The molecule has 4 N–H and O–H groups in total. The summed E-state index contributed by atoms with van der Waals surface area (Å²) in [5, 5.41) is 14.3. The summed E-state index contributed by atoms with van der Waals surface area (Å²) in [6, 6.07) is -0.934. The lowest BCUT2D eigenvalue weighted by molar-refractivity contribution is -0.137. The van der Waals surface area contributed by atoms with Gasteiger partial charge in [0.25, 0.3) is 0 Å². The van der Waals surface area contributed by atoms with E-state index in [-0.39, 0.29) is 24.5 Å². The molecule has 0 radical (unpaired) electrons. The summed E-state index contributed by atoms with van der Waals surface area (Å²) in [4.78, 5) is 29.7. The number of aromatic nitrogens is 2. The van der Waals surface area contributed by atoms with Crippen LogP contribution in [-0.2, 0) is 4.79 Å². The van der Waals surface area contributed by atoms with E-state index in [0.29, 0.717) is 18.7 Å². The van der Waals surface area contributed by atoms with Gasteiger partial charge < -0.3 is 20.7 Å². The second-order valence-corrected chi connectivity index (χ2v) is 4.64. The number of imidazole rings is 1. The van der Waals surface area contributed by atoms with Crippen LogP contribution in [0.25, 0.3) is 0 Å². The lowest BCUT2D eigenvalue weighted by Gasteiger charge is -2.20. The van der Waals surface area contributed by atoms with Gasteiger partial charge >= 0.3 is 12.0 Å². The Bertz CT molecular complexity index is 419. The molecule has 0 aliphatic carbocycles. The largest absolute Gasteiger partial charge is 0.481 e. The van der Waals surface area contributed by atoms with E-state index in [0.717, 1.165) is 6.42 Å². The maximum Gasteiger partial charge on any atom is 0.315 e. The molecule has 0 aliphatic rings. The lowest BCUT2D eigenvalue weighted by Crippen LogP contribution is -2.44. The molecule has 1 rings (SSSR count). The normalized spacial score (nSPS) is 13.5. The van der Waals surface area contributed by atoms with Crippen molar-refractivity contribution >= 4 is 12.0 Å². The highest BCUT2D eigenvalue weighted by atomic mass is 16.4. The second-order valence-electron chi connectivity index (χ2n) is 4.64. The first-order chi connectivity index (χ1) is 9.56. The van der Waals surface area contributed by atoms with Crippen LogP contribution in [0.3, 0.4) is 0 Å². The van der Waals surface area contributed by atoms with Gasteiger partial charge in [-0.3, -0.25) is 4.79 Å². The molecular formula is C13H22N4O3. The van der Waals surface area contributed by atoms with Crippen LogP contribution >= 0.6 is 0 Å². The Morgan fingerprint density at radius 1 is 1.40 bits per heavy atom. The molecule has 2 amide bonds. The Labute approximate surface area is 118 Å². The fourth-order valence-corrected chi connectivity index (χ4v) is 2.00. The monoisotopic (exact) mass is 282 g/mol. The predicted octanol–water partition coefficient (Wildman–Crippen LogP) is 1.80. The highest BCUT2D eigenvalue weighted by Gasteiger charge is 2.18. The number of aliphatic carboxylic acids is 1. The van der Waals surface area contributed by atoms with Crippen molar-refractivity contribution in [1.29, 1.82) is 0 Å². The minimum Gasteiger partial charge on any atom is -0.481 e. The molecule has 2 unspecified atom stereocenters. The topological polar surface area (TPSA) is 107 Å². The Morgan fingerprint density at radius 2 is 2.15 bits per heavy atom. The lowest BCUT2D eigenvalue weighted by atomic mass is 10.1. The van der Waals surface area contributed by atoms with Gasteiger partial charge in [-0.05, 0) is 12.8 Å². The van der Waals surface area contributed by atoms with Crippen LogP contribution in [0, 0.1) is 0 Å². The zero-order valence-corrected chi connectivity index (χ0v) is 11.8. The van der Waals surface area contributed by atoms with Crippen molar-refractivity contribution < 1.29 is 14.7 Å². The van der Waals surface area contributed by atoms with E-state index in [2.05, 4.69) is 20.6 Å². The molecular weight excluding hydrogens is 260 g/mol. The summed E-state index contributed by atoms with van der Waals surface area (Å²) in [5.74, 6) is -0.227. The van der Waals surface area contributed by atoms with Crippen molar-refractivity contribution in [2.75, 3.05) is 0 Å². The molecule has 0 saturated carbocycles. The number of amides is 2. The molecule has 0 bridgehead atoms. The average molecular weight is 282 g/mol. The number of nitrogens with zero attached hydrogens (tertiary/aromatic N) is 1. The van der Waals surface area contributed by atoms with E-state index in [9.17, 15) is 9.59 Å². The summed E-state index contributed by atoms with van der Waals surface area (Å²) >= 11 is 0. The molecule has 112 valence electrons. The predicted molar refractivity (Wildman–Crippen MR) is 74.2 cm³/mol. The first kappa shape index (κ1) is 16.0. The van der Waals surface area contributed by atoms with Gasteiger partial charge in [-0.1, -0.05) is 20.3 Å². The van der Waals surface area contributed by atoms with Crippen LogP contribution in [0.2, 0.25) is 0 Å². The van der Waals surface area contributed by atoms with Crippen LogP contribution < -0.4 is 10.6 Å². The molecule has 1 aromatic rings. The summed E-state index contributed by atoms with van der Waals surface area (Å²) in [7, 11) is 0. The molecule has 2 atom stereocenters. The van der Waals surface area contributed by atoms with Gasteiger partial charge in [0.15, 0.2) is 0 Å². The molecule has 0 aromatic carbocycles. The zero-order valence-electron chi connectivity index (χ0n) is 11.8. The van der Waals surface area contributed by atoms with Crippen molar-refractivity contribution in [2.24, 2.45) is 0 Å². The van der Waals surface area contributed by atoms with Gasteiger partial charge in [0.2, 0.25) is 0 Å². The number of carbonyl (C=O) groups is 2. The molecule has 1 aromatic heterocycles. The highest BCUT2D eigenvalue weighted by molar-refractivity contribution is 5.76. The van der Waals surface area contributed by atoms with Gasteiger partial charge in [0, 0.05) is 18.4 Å². The van der Waals surface area contributed by atoms with Crippen molar-refractivity contribution in [3.63, 3.8) is 0 Å². The standard InChI is InChI=1S/C13H22N4O3/c1-3-5-9(8-11(18)19)16-13(20)17-10(4-2)12-14-6-7-15-12/h6-7,9-10H,3-5,8H2,1-2H3,(H,14,15)(H,18,19)(H2,16,17,20). The Balaban J connectivity index is 2.53. The van der Waals surface area contributed by atoms with E-state index < -0.39 is 5.97 Å². The van der Waals surface area contributed by atoms with Crippen LogP contribution in [0.15, 0.2) is 12.4 Å². The van der Waals surface area contributed by atoms with Crippen LogP contribution in [0.5, 0.6) is 0 Å². The number of carbonyl (C=O) groups excluding carboxylic acids is 1. The maximum atomic E-state index is 11.9. The van der Waals surface area contributed by atoms with Gasteiger partial charge in [-0.25, -0.2) is 9.78 Å². The number of H-pyrrole nitrogens is 1. The molecule has 20 heavy (non-hydrogen) atoms. The van der Waals surface area contributed by atoms with E-state index in [4.69, 9.17) is 5.11 Å². The maximum absolute atomic E-state index is 11.9. The Hall–Kier alpha value is -2.05. The van der Waals surface area contributed by atoms with Crippen molar-refractivity contribution in [1.82, 2.24) is 20.6 Å². The zero-order chi connectivity index (χ0) is 15.0. The summed E-state index contributed by atoms with van der Waals surface area (Å²) in [5.41, 5.74) is 0. The van der Waals surface area contributed by atoms with Gasteiger partial charge in [0.1, 0.15) is 5.82 Å². The molecule has 7 heteroatoms. The highest BCUT2D eigenvalue weighted by Crippen LogP contribution is 2.11. The van der Waals surface area contributed by atoms with Gasteiger partial charge in [0.05, 0.1) is 12.5 Å². The minimum absolute atomic E-state index is 0.0706. The quantitative estimate of drug-likeness (QED) is 0.583.